The maximum absolute atomic E-state index is 12.7. The maximum Gasteiger partial charge on any atom is 0.326 e. The maximum atomic E-state index is 12.7. The number of nitrogens with one attached hydrogen (secondary N) is 3. The summed E-state index contributed by atoms with van der Waals surface area (Å²) >= 11 is 5.74. The van der Waals surface area contributed by atoms with Crippen molar-refractivity contribution in [1.82, 2.24) is 16.0 Å². The van der Waals surface area contributed by atoms with E-state index in [0.29, 0.717) is 25.1 Å². The van der Waals surface area contributed by atoms with E-state index in [4.69, 9.17) is 0 Å². The highest BCUT2D eigenvalue weighted by molar-refractivity contribution is 7.98. The van der Waals surface area contributed by atoms with E-state index in [9.17, 15) is 14.7 Å². The molecule has 8 heteroatoms. The molecule has 1 aromatic rings. The van der Waals surface area contributed by atoms with E-state index < -0.39 is 18.1 Å². The van der Waals surface area contributed by atoms with Crippen molar-refractivity contribution in [3.05, 3.63) is 35.9 Å². The summed E-state index contributed by atoms with van der Waals surface area (Å²) in [5, 5.41) is 18.6. The largest absolute Gasteiger partial charge is 0.480 e. The molecule has 0 saturated heterocycles. The molecule has 0 aliphatic carbocycles. The minimum atomic E-state index is -0.996. The lowest BCUT2D eigenvalue weighted by molar-refractivity contribution is -0.142. The van der Waals surface area contributed by atoms with E-state index >= 15 is 0 Å². The van der Waals surface area contributed by atoms with Gasteiger partial charge in [0.25, 0.3) is 0 Å². The van der Waals surface area contributed by atoms with Gasteiger partial charge >= 0.3 is 5.97 Å². The van der Waals surface area contributed by atoms with Crippen LogP contribution < -0.4 is 16.0 Å². The standard InChI is InChI=1S/C19H31N3O3S2.C3H8.C2H6/c1-27-13-8-16(19(24)25)22-18(23)17(14-15-6-3-2-4-7-15)21-11-10-20-9-5-12-26;1-3-2;1-2/h2-4,6-7,16-17,20-21,26H,5,8-14H2,1H3,(H,22,23)(H,24,25);3H2,1-2H3;1-2H3. The number of rotatable bonds is 15. The normalized spacial score (nSPS) is 11.8. The number of hydrogen-bond acceptors (Lipinski definition) is 6. The van der Waals surface area contributed by atoms with Gasteiger partial charge in [-0.1, -0.05) is 64.4 Å². The van der Waals surface area contributed by atoms with E-state index in [1.807, 2.05) is 50.4 Å². The molecule has 0 saturated carbocycles. The first kappa shape index (κ1) is 33.0. The Kier molecular flexibility index (Phi) is 25.2. The molecule has 0 heterocycles. The minimum absolute atomic E-state index is 0.275. The van der Waals surface area contributed by atoms with Gasteiger partial charge in [-0.3, -0.25) is 4.79 Å². The van der Waals surface area contributed by atoms with E-state index in [2.05, 4.69) is 42.4 Å². The van der Waals surface area contributed by atoms with Crippen LogP contribution in [0.1, 0.15) is 52.5 Å². The molecule has 0 radical (unpaired) electrons. The zero-order valence-electron chi connectivity index (χ0n) is 20.5. The van der Waals surface area contributed by atoms with Gasteiger partial charge in [-0.15, -0.1) is 0 Å². The van der Waals surface area contributed by atoms with Crippen LogP contribution in [0.2, 0.25) is 0 Å². The number of benzene rings is 1. The van der Waals surface area contributed by atoms with Crippen molar-refractivity contribution in [2.45, 2.75) is 65.5 Å². The van der Waals surface area contributed by atoms with Crippen molar-refractivity contribution in [1.29, 1.82) is 0 Å². The highest BCUT2D eigenvalue weighted by Crippen LogP contribution is 2.06. The third-order valence-corrected chi connectivity index (χ3v) is 4.99. The zero-order valence-corrected chi connectivity index (χ0v) is 22.2. The zero-order chi connectivity index (χ0) is 24.6. The van der Waals surface area contributed by atoms with Crippen LogP contribution >= 0.6 is 24.4 Å². The number of hydrogen-bond donors (Lipinski definition) is 5. The molecule has 32 heavy (non-hydrogen) atoms. The van der Waals surface area contributed by atoms with Gasteiger partial charge in [0, 0.05) is 13.1 Å². The van der Waals surface area contributed by atoms with Crippen molar-refractivity contribution < 1.29 is 14.7 Å². The Balaban J connectivity index is 0. The van der Waals surface area contributed by atoms with Gasteiger partial charge in [-0.05, 0) is 49.1 Å². The molecule has 6 nitrogen and oxygen atoms in total. The predicted octanol–water partition coefficient (Wildman–Crippen LogP) is 3.86. The van der Waals surface area contributed by atoms with Crippen LogP contribution in [0.3, 0.4) is 0 Å². The molecule has 1 amide bonds. The smallest absolute Gasteiger partial charge is 0.326 e. The van der Waals surface area contributed by atoms with Crippen molar-refractivity contribution in [3.8, 4) is 0 Å². The molecular formula is C24H45N3O3S2. The SMILES string of the molecule is CC.CCC.CSCCC(NC(=O)C(Cc1ccccc1)NCCNCCCS)C(=O)O. The number of thioether (sulfide) groups is 1. The molecule has 0 aliphatic heterocycles. The highest BCUT2D eigenvalue weighted by atomic mass is 32.2. The fourth-order valence-corrected chi connectivity index (χ4v) is 3.17. The Labute approximate surface area is 205 Å². The number of carbonyl (C=O) groups excluding carboxylic acids is 1. The first-order valence-corrected chi connectivity index (χ1v) is 13.6. The lowest BCUT2D eigenvalue weighted by Crippen LogP contribution is -2.52. The Morgan fingerprint density at radius 2 is 1.69 bits per heavy atom. The average molecular weight is 488 g/mol. The van der Waals surface area contributed by atoms with Crippen LogP contribution in [0.5, 0.6) is 0 Å². The van der Waals surface area contributed by atoms with Crippen LogP contribution in [0.15, 0.2) is 30.3 Å². The van der Waals surface area contributed by atoms with Crippen molar-refractivity contribution in [2.75, 3.05) is 37.4 Å². The Morgan fingerprint density at radius 3 is 2.22 bits per heavy atom. The third kappa shape index (κ3) is 18.4. The summed E-state index contributed by atoms with van der Waals surface area (Å²) in [6.45, 7) is 10.5. The van der Waals surface area contributed by atoms with Crippen LogP contribution in [0.25, 0.3) is 0 Å². The molecule has 0 spiro atoms. The number of amides is 1. The number of carboxylic acids is 1. The fourth-order valence-electron chi connectivity index (χ4n) is 2.54. The van der Waals surface area contributed by atoms with E-state index in [-0.39, 0.29) is 5.91 Å². The lowest BCUT2D eigenvalue weighted by atomic mass is 10.0. The number of carbonyl (C=O) groups is 2. The molecule has 2 atom stereocenters. The summed E-state index contributed by atoms with van der Waals surface area (Å²) in [6, 6.07) is 8.39. The molecule has 1 rings (SSSR count). The van der Waals surface area contributed by atoms with E-state index in [1.54, 1.807) is 11.8 Å². The topological polar surface area (TPSA) is 90.5 Å². The van der Waals surface area contributed by atoms with Crippen LogP contribution in [0, 0.1) is 0 Å². The Hall–Kier alpha value is -1.22. The van der Waals surface area contributed by atoms with E-state index in [1.165, 1.54) is 6.42 Å². The molecule has 0 aliphatic rings. The first-order chi connectivity index (χ1) is 15.5. The molecule has 4 N–H and O–H groups in total. The Bertz CT molecular complexity index is 563. The molecule has 0 aromatic heterocycles. The van der Waals surface area contributed by atoms with Crippen molar-refractivity contribution in [3.63, 3.8) is 0 Å². The quantitative estimate of drug-likeness (QED) is 0.191. The second kappa shape index (κ2) is 24.4. The van der Waals surface area contributed by atoms with Gasteiger partial charge in [-0.2, -0.15) is 24.4 Å². The Morgan fingerprint density at radius 1 is 1.06 bits per heavy atom. The molecular weight excluding hydrogens is 442 g/mol. The van der Waals surface area contributed by atoms with Gasteiger partial charge in [0.05, 0.1) is 6.04 Å². The van der Waals surface area contributed by atoms with Crippen molar-refractivity contribution >= 4 is 36.3 Å². The summed E-state index contributed by atoms with van der Waals surface area (Å²) in [5.41, 5.74) is 1.03. The molecule has 2 unspecified atom stereocenters. The molecule has 186 valence electrons. The summed E-state index contributed by atoms with van der Waals surface area (Å²) in [6.07, 6.45) is 5.08. The predicted molar refractivity (Wildman–Crippen MR) is 143 cm³/mol. The monoisotopic (exact) mass is 487 g/mol. The van der Waals surface area contributed by atoms with Gasteiger partial charge in [-0.25, -0.2) is 4.79 Å². The van der Waals surface area contributed by atoms with Crippen LogP contribution in [-0.2, 0) is 16.0 Å². The summed E-state index contributed by atoms with van der Waals surface area (Å²) < 4.78 is 0. The molecule has 1 aromatic carbocycles. The first-order valence-electron chi connectivity index (χ1n) is 11.6. The van der Waals surface area contributed by atoms with Gasteiger partial charge < -0.3 is 21.1 Å². The highest BCUT2D eigenvalue weighted by Gasteiger charge is 2.25. The van der Waals surface area contributed by atoms with Crippen LogP contribution in [0.4, 0.5) is 0 Å². The van der Waals surface area contributed by atoms with Gasteiger partial charge in [0.1, 0.15) is 6.04 Å². The van der Waals surface area contributed by atoms with Crippen molar-refractivity contribution in [2.24, 2.45) is 0 Å². The number of aliphatic carboxylic acids is 1. The fraction of sp³-hybridized carbons (Fsp3) is 0.667. The number of thiol groups is 1. The second-order valence-electron chi connectivity index (χ2n) is 6.91. The second-order valence-corrected chi connectivity index (χ2v) is 8.34. The van der Waals surface area contributed by atoms with Crippen LogP contribution in [-0.4, -0.2) is 66.5 Å². The summed E-state index contributed by atoms with van der Waals surface area (Å²) in [4.78, 5) is 24.1. The lowest BCUT2D eigenvalue weighted by Gasteiger charge is -2.22. The third-order valence-electron chi connectivity index (χ3n) is 4.03. The summed E-state index contributed by atoms with van der Waals surface area (Å²) in [5.74, 6) is 0.252. The van der Waals surface area contributed by atoms with E-state index in [0.717, 1.165) is 30.8 Å². The summed E-state index contributed by atoms with van der Waals surface area (Å²) in [7, 11) is 0. The molecule has 0 fully saturated rings. The van der Waals surface area contributed by atoms with Gasteiger partial charge in [0.15, 0.2) is 0 Å². The minimum Gasteiger partial charge on any atom is -0.480 e. The molecule has 0 bridgehead atoms. The van der Waals surface area contributed by atoms with Gasteiger partial charge in [0.2, 0.25) is 5.91 Å². The number of carboxylic acid groups (broad SMARTS) is 1. The average Bonchev–Trinajstić information content (AvgIpc) is 2.80.